The number of aromatic nitrogens is 7. The van der Waals surface area contributed by atoms with E-state index < -0.39 is 23.8 Å². The molecular formula is C9H11F2N7O2. The lowest BCUT2D eigenvalue weighted by atomic mass is 10.3. The first-order chi connectivity index (χ1) is 9.52. The van der Waals surface area contributed by atoms with Gasteiger partial charge >= 0.3 is 5.97 Å². The zero-order valence-electron chi connectivity index (χ0n) is 10.7. The predicted octanol–water partition coefficient (Wildman–Crippen LogP) is -0.0358. The second kappa shape index (κ2) is 5.67. The Morgan fingerprint density at radius 3 is 2.65 bits per heavy atom. The van der Waals surface area contributed by atoms with E-state index in [1.807, 2.05) is 0 Å². The van der Waals surface area contributed by atoms with Gasteiger partial charge < -0.3 is 4.74 Å². The van der Waals surface area contributed by atoms with Crippen molar-refractivity contribution >= 4 is 5.97 Å². The van der Waals surface area contributed by atoms with Gasteiger partial charge in [0.05, 0.1) is 13.7 Å². The summed E-state index contributed by atoms with van der Waals surface area (Å²) < 4.78 is 31.6. The van der Waals surface area contributed by atoms with Gasteiger partial charge in [-0.05, 0) is 12.1 Å². The summed E-state index contributed by atoms with van der Waals surface area (Å²) in [5, 5.41) is 18.0. The van der Waals surface area contributed by atoms with E-state index in [-0.39, 0.29) is 19.0 Å². The van der Waals surface area contributed by atoms with Gasteiger partial charge in [-0.1, -0.05) is 5.21 Å². The molecule has 0 aromatic carbocycles. The molecule has 0 saturated carbocycles. The molecule has 0 atom stereocenters. The first-order valence-electron chi connectivity index (χ1n) is 5.64. The number of nitrogens with zero attached hydrogens (tertiary/aromatic N) is 7. The van der Waals surface area contributed by atoms with Crippen molar-refractivity contribution in [1.29, 1.82) is 0 Å². The first kappa shape index (κ1) is 14.0. The molecule has 9 nitrogen and oxygen atoms in total. The minimum atomic E-state index is -2.93. The van der Waals surface area contributed by atoms with E-state index in [0.29, 0.717) is 0 Å². The second-order valence-electron chi connectivity index (χ2n) is 3.70. The fraction of sp³-hybridized carbons (Fsp3) is 0.556. The Hall–Kier alpha value is -2.46. The van der Waals surface area contributed by atoms with Crippen LogP contribution in [0.5, 0.6) is 0 Å². The minimum absolute atomic E-state index is 0.0556. The predicted molar refractivity (Wildman–Crippen MR) is 58.8 cm³/mol. The Bertz CT molecular complexity index is 609. The van der Waals surface area contributed by atoms with E-state index >= 15 is 0 Å². The van der Waals surface area contributed by atoms with Crippen LogP contribution in [0.3, 0.4) is 0 Å². The SMILES string of the molecule is CCOC(=O)c1nnn(Cc2nnn(C)n2)c1C(F)F. The van der Waals surface area contributed by atoms with Gasteiger partial charge in [0, 0.05) is 0 Å². The molecule has 0 aliphatic heterocycles. The number of carbonyl (C=O) groups excluding carboxylic acids is 1. The van der Waals surface area contributed by atoms with E-state index in [2.05, 4.69) is 30.5 Å². The van der Waals surface area contributed by atoms with Crippen LogP contribution in [-0.4, -0.2) is 47.8 Å². The van der Waals surface area contributed by atoms with Gasteiger partial charge in [-0.15, -0.1) is 15.3 Å². The first-order valence-corrected chi connectivity index (χ1v) is 5.64. The number of hydrogen-bond acceptors (Lipinski definition) is 7. The van der Waals surface area contributed by atoms with Gasteiger partial charge in [0.2, 0.25) is 0 Å². The summed E-state index contributed by atoms with van der Waals surface area (Å²) in [5.41, 5.74) is -1.14. The number of halogens is 2. The number of tetrazole rings is 1. The van der Waals surface area contributed by atoms with Gasteiger partial charge in [-0.2, -0.15) is 4.80 Å². The molecule has 108 valence electrons. The highest BCUT2D eigenvalue weighted by molar-refractivity contribution is 5.88. The number of rotatable bonds is 5. The topological polar surface area (TPSA) is 101 Å². The lowest BCUT2D eigenvalue weighted by Gasteiger charge is -2.04. The van der Waals surface area contributed by atoms with Crippen molar-refractivity contribution in [2.75, 3.05) is 6.61 Å². The normalized spacial score (nSPS) is 11.1. The highest BCUT2D eigenvalue weighted by Crippen LogP contribution is 2.22. The summed E-state index contributed by atoms with van der Waals surface area (Å²) in [6.45, 7) is 1.45. The molecule has 2 aromatic heterocycles. The van der Waals surface area contributed by atoms with Crippen LogP contribution in [0.1, 0.15) is 35.4 Å². The zero-order chi connectivity index (χ0) is 14.7. The van der Waals surface area contributed by atoms with Crippen molar-refractivity contribution in [2.24, 2.45) is 7.05 Å². The van der Waals surface area contributed by atoms with Crippen LogP contribution < -0.4 is 0 Å². The molecule has 0 radical (unpaired) electrons. The number of esters is 1. The van der Waals surface area contributed by atoms with Crippen LogP contribution in [-0.2, 0) is 18.3 Å². The number of carbonyl (C=O) groups is 1. The third-order valence-corrected chi connectivity index (χ3v) is 2.29. The van der Waals surface area contributed by atoms with E-state index in [0.717, 1.165) is 4.68 Å². The van der Waals surface area contributed by atoms with Crippen LogP contribution in [0.4, 0.5) is 8.78 Å². The minimum Gasteiger partial charge on any atom is -0.461 e. The summed E-state index contributed by atoms with van der Waals surface area (Å²) in [5.74, 6) is -0.768. The molecule has 0 bridgehead atoms. The standard InChI is InChI=1S/C9H11F2N7O2/c1-3-20-9(19)6-7(8(10)11)18(16-13-6)4-5-12-15-17(2)14-5/h8H,3-4H2,1-2H3. The van der Waals surface area contributed by atoms with E-state index in [1.165, 1.54) is 11.8 Å². The molecule has 0 N–H and O–H groups in total. The van der Waals surface area contributed by atoms with Gasteiger partial charge in [0.25, 0.3) is 6.43 Å². The molecule has 20 heavy (non-hydrogen) atoms. The highest BCUT2D eigenvalue weighted by Gasteiger charge is 2.28. The molecule has 0 aliphatic rings. The van der Waals surface area contributed by atoms with Crippen LogP contribution >= 0.6 is 0 Å². The van der Waals surface area contributed by atoms with Crippen LogP contribution in [0.25, 0.3) is 0 Å². The van der Waals surface area contributed by atoms with E-state index in [1.54, 1.807) is 6.92 Å². The fourth-order valence-corrected chi connectivity index (χ4v) is 1.52. The maximum absolute atomic E-state index is 13.1. The summed E-state index contributed by atoms with van der Waals surface area (Å²) in [6.07, 6.45) is -2.93. The lowest BCUT2D eigenvalue weighted by Crippen LogP contribution is -2.12. The molecule has 0 saturated heterocycles. The second-order valence-corrected chi connectivity index (χ2v) is 3.70. The lowest BCUT2D eigenvalue weighted by molar-refractivity contribution is 0.0506. The molecule has 0 fully saturated rings. The Balaban J connectivity index is 2.31. The summed E-state index contributed by atoms with van der Waals surface area (Å²) in [7, 11) is 1.54. The molecule has 2 heterocycles. The molecule has 2 rings (SSSR count). The average molecular weight is 287 g/mol. The van der Waals surface area contributed by atoms with E-state index in [4.69, 9.17) is 0 Å². The third-order valence-electron chi connectivity index (χ3n) is 2.29. The van der Waals surface area contributed by atoms with Gasteiger partial charge in [0.15, 0.2) is 11.5 Å². The number of alkyl halides is 2. The number of ether oxygens (including phenoxy) is 1. The van der Waals surface area contributed by atoms with Crippen LogP contribution in [0.15, 0.2) is 0 Å². The molecule has 0 amide bonds. The molecular weight excluding hydrogens is 276 g/mol. The number of aryl methyl sites for hydroxylation is 1. The van der Waals surface area contributed by atoms with Crippen LogP contribution in [0.2, 0.25) is 0 Å². The molecule has 0 aliphatic carbocycles. The van der Waals surface area contributed by atoms with Crippen molar-refractivity contribution in [3.05, 3.63) is 17.2 Å². The summed E-state index contributed by atoms with van der Waals surface area (Å²) in [4.78, 5) is 12.7. The number of hydrogen-bond donors (Lipinski definition) is 0. The largest absolute Gasteiger partial charge is 0.461 e. The molecule has 0 spiro atoms. The van der Waals surface area contributed by atoms with Crippen LogP contribution in [0, 0.1) is 0 Å². The molecule has 11 heteroatoms. The average Bonchev–Trinajstić information content (AvgIpc) is 2.96. The maximum Gasteiger partial charge on any atom is 0.361 e. The third kappa shape index (κ3) is 2.75. The quantitative estimate of drug-likeness (QED) is 0.711. The highest BCUT2D eigenvalue weighted by atomic mass is 19.3. The molecule has 0 unspecified atom stereocenters. The van der Waals surface area contributed by atoms with Crippen molar-refractivity contribution in [2.45, 2.75) is 19.9 Å². The van der Waals surface area contributed by atoms with Gasteiger partial charge in [-0.25, -0.2) is 18.3 Å². The van der Waals surface area contributed by atoms with Crippen molar-refractivity contribution < 1.29 is 18.3 Å². The monoisotopic (exact) mass is 287 g/mol. The van der Waals surface area contributed by atoms with Crippen molar-refractivity contribution in [3.8, 4) is 0 Å². The fourth-order valence-electron chi connectivity index (χ4n) is 1.52. The smallest absolute Gasteiger partial charge is 0.361 e. The Morgan fingerprint density at radius 2 is 2.10 bits per heavy atom. The Labute approximate surface area is 111 Å². The van der Waals surface area contributed by atoms with E-state index in [9.17, 15) is 13.6 Å². The maximum atomic E-state index is 13.1. The van der Waals surface area contributed by atoms with Gasteiger partial charge in [0.1, 0.15) is 12.2 Å². The zero-order valence-corrected chi connectivity index (χ0v) is 10.7. The summed E-state index contributed by atoms with van der Waals surface area (Å²) >= 11 is 0. The Kier molecular flexibility index (Phi) is 3.96. The summed E-state index contributed by atoms with van der Waals surface area (Å²) in [6, 6.07) is 0. The van der Waals surface area contributed by atoms with Crippen molar-refractivity contribution in [3.63, 3.8) is 0 Å². The van der Waals surface area contributed by atoms with Crippen molar-refractivity contribution in [1.82, 2.24) is 35.2 Å². The molecule has 2 aromatic rings. The van der Waals surface area contributed by atoms with Gasteiger partial charge in [-0.3, -0.25) is 0 Å². The Morgan fingerprint density at radius 1 is 1.35 bits per heavy atom.